The van der Waals surface area contributed by atoms with E-state index in [1.807, 2.05) is 24.3 Å². The molecule has 1 heterocycles. The lowest BCUT2D eigenvalue weighted by molar-refractivity contribution is 0.0951. The van der Waals surface area contributed by atoms with Crippen LogP contribution in [0.4, 0.5) is 0 Å². The molecule has 0 saturated carbocycles. The Balaban J connectivity index is 1.93. The van der Waals surface area contributed by atoms with E-state index >= 15 is 0 Å². The maximum Gasteiger partial charge on any atom is 0.251 e. The van der Waals surface area contributed by atoms with Gasteiger partial charge in [0.05, 0.1) is 6.20 Å². The maximum atomic E-state index is 12.0. The van der Waals surface area contributed by atoms with Gasteiger partial charge in [-0.15, -0.1) is 0 Å². The van der Waals surface area contributed by atoms with Crippen molar-refractivity contribution in [3.05, 3.63) is 53.3 Å². The van der Waals surface area contributed by atoms with Crippen molar-refractivity contribution < 1.29 is 4.79 Å². The van der Waals surface area contributed by atoms with E-state index in [9.17, 15) is 4.79 Å². The molecule has 1 aromatic carbocycles. The molecule has 4 nitrogen and oxygen atoms in total. The molecule has 0 saturated heterocycles. The Morgan fingerprint density at radius 2 is 1.90 bits per heavy atom. The van der Waals surface area contributed by atoms with Crippen molar-refractivity contribution in [3.63, 3.8) is 0 Å². The summed E-state index contributed by atoms with van der Waals surface area (Å²) in [4.78, 5) is 12.0. The fourth-order valence-corrected chi connectivity index (χ4v) is 2.05. The van der Waals surface area contributed by atoms with Gasteiger partial charge in [0.25, 0.3) is 5.91 Å². The summed E-state index contributed by atoms with van der Waals surface area (Å²) in [5, 5.41) is 9.43. The third-order valence-corrected chi connectivity index (χ3v) is 2.96. The van der Waals surface area contributed by atoms with Gasteiger partial charge in [-0.3, -0.25) is 9.89 Å². The fourth-order valence-electron chi connectivity index (χ4n) is 2.05. The maximum absolute atomic E-state index is 12.0. The van der Waals surface area contributed by atoms with Gasteiger partial charge in [0.1, 0.15) is 0 Å². The van der Waals surface area contributed by atoms with Crippen molar-refractivity contribution in [2.75, 3.05) is 0 Å². The van der Waals surface area contributed by atoms with Crippen LogP contribution in [0.2, 0.25) is 0 Å². The minimum Gasteiger partial charge on any atom is -0.348 e. The summed E-state index contributed by atoms with van der Waals surface area (Å²) < 4.78 is 0. The summed E-state index contributed by atoms with van der Waals surface area (Å²) in [6.07, 6.45) is 4.48. The first-order chi connectivity index (χ1) is 9.44. The van der Waals surface area contributed by atoms with Gasteiger partial charge in [-0.1, -0.05) is 32.9 Å². The highest BCUT2D eigenvalue weighted by atomic mass is 16.1. The summed E-state index contributed by atoms with van der Waals surface area (Å²) in [5.41, 5.74) is 3.16. The number of aromatic amines is 1. The number of nitrogens with zero attached hydrogens (tertiary/aromatic N) is 1. The van der Waals surface area contributed by atoms with Crippen LogP contribution in [0, 0.1) is 5.41 Å². The Labute approximate surface area is 119 Å². The molecular weight excluding hydrogens is 250 g/mol. The van der Waals surface area contributed by atoms with Crippen LogP contribution in [0.3, 0.4) is 0 Å². The topological polar surface area (TPSA) is 57.8 Å². The molecule has 0 radical (unpaired) electrons. The molecule has 2 N–H and O–H groups in total. The first kappa shape index (κ1) is 14.3. The minimum atomic E-state index is -0.0616. The summed E-state index contributed by atoms with van der Waals surface area (Å²) in [6, 6.07) is 7.81. The molecule has 0 fully saturated rings. The Morgan fingerprint density at radius 1 is 1.20 bits per heavy atom. The molecule has 1 amide bonds. The lowest BCUT2D eigenvalue weighted by Crippen LogP contribution is -2.22. The van der Waals surface area contributed by atoms with Gasteiger partial charge in [0.15, 0.2) is 0 Å². The second-order valence-electron chi connectivity index (χ2n) is 6.22. The van der Waals surface area contributed by atoms with Crippen LogP contribution in [-0.2, 0) is 13.0 Å². The zero-order chi connectivity index (χ0) is 14.6. The molecule has 2 aromatic rings. The quantitative estimate of drug-likeness (QED) is 0.898. The zero-order valence-corrected chi connectivity index (χ0v) is 12.2. The predicted octanol–water partition coefficient (Wildman–Crippen LogP) is 2.93. The molecular formula is C16H21N3O. The van der Waals surface area contributed by atoms with Crippen LogP contribution in [-0.4, -0.2) is 16.1 Å². The van der Waals surface area contributed by atoms with Crippen LogP contribution >= 0.6 is 0 Å². The molecule has 0 unspecified atom stereocenters. The van der Waals surface area contributed by atoms with Crippen molar-refractivity contribution in [1.29, 1.82) is 0 Å². The van der Waals surface area contributed by atoms with Crippen molar-refractivity contribution >= 4 is 5.91 Å². The lowest BCUT2D eigenvalue weighted by atomic mass is 9.88. The number of carbonyl (C=O) groups is 1. The molecule has 4 heteroatoms. The van der Waals surface area contributed by atoms with Crippen molar-refractivity contribution in [2.45, 2.75) is 33.7 Å². The van der Waals surface area contributed by atoms with E-state index < -0.39 is 0 Å². The number of benzene rings is 1. The second-order valence-corrected chi connectivity index (χ2v) is 6.22. The largest absolute Gasteiger partial charge is 0.348 e. The van der Waals surface area contributed by atoms with Crippen molar-refractivity contribution in [1.82, 2.24) is 15.5 Å². The normalized spacial score (nSPS) is 11.3. The summed E-state index contributed by atoms with van der Waals surface area (Å²) in [5.74, 6) is -0.0616. The molecule has 106 valence electrons. The minimum absolute atomic E-state index is 0.0616. The summed E-state index contributed by atoms with van der Waals surface area (Å²) in [7, 11) is 0. The second kappa shape index (κ2) is 5.90. The van der Waals surface area contributed by atoms with E-state index in [1.54, 1.807) is 12.4 Å². The third kappa shape index (κ3) is 4.23. The van der Waals surface area contributed by atoms with Gasteiger partial charge in [-0.05, 0) is 29.5 Å². The van der Waals surface area contributed by atoms with Crippen molar-refractivity contribution in [2.24, 2.45) is 5.41 Å². The van der Waals surface area contributed by atoms with Crippen LogP contribution < -0.4 is 5.32 Å². The summed E-state index contributed by atoms with van der Waals surface area (Å²) in [6.45, 7) is 7.11. The van der Waals surface area contributed by atoms with Gasteiger partial charge >= 0.3 is 0 Å². The highest BCUT2D eigenvalue weighted by Gasteiger charge is 2.12. The SMILES string of the molecule is CC(C)(C)Cc1ccc(C(=O)NCc2cn[nH]c2)cc1. The van der Waals surface area contributed by atoms with Gasteiger partial charge in [-0.2, -0.15) is 5.10 Å². The molecule has 2 rings (SSSR count). The lowest BCUT2D eigenvalue weighted by Gasteiger charge is -2.18. The molecule has 20 heavy (non-hydrogen) atoms. The van der Waals surface area contributed by atoms with Crippen molar-refractivity contribution in [3.8, 4) is 0 Å². The van der Waals surface area contributed by atoms with Gasteiger partial charge < -0.3 is 5.32 Å². The first-order valence-electron chi connectivity index (χ1n) is 6.79. The van der Waals surface area contributed by atoms with E-state index in [0.717, 1.165) is 12.0 Å². The summed E-state index contributed by atoms with van der Waals surface area (Å²) >= 11 is 0. The number of rotatable bonds is 4. The van der Waals surface area contributed by atoms with Crippen LogP contribution in [0.1, 0.15) is 42.3 Å². The molecule has 0 atom stereocenters. The number of hydrogen-bond donors (Lipinski definition) is 2. The number of carbonyl (C=O) groups excluding carboxylic acids is 1. The smallest absolute Gasteiger partial charge is 0.251 e. The van der Waals surface area contributed by atoms with E-state index in [1.165, 1.54) is 5.56 Å². The van der Waals surface area contributed by atoms with Gasteiger partial charge in [0.2, 0.25) is 0 Å². The Kier molecular flexibility index (Phi) is 4.23. The monoisotopic (exact) mass is 271 g/mol. The van der Waals surface area contributed by atoms with Crippen LogP contribution in [0.25, 0.3) is 0 Å². The molecule has 0 spiro atoms. The van der Waals surface area contributed by atoms with Crippen LogP contribution in [0.15, 0.2) is 36.7 Å². The predicted molar refractivity (Wildman–Crippen MR) is 79.4 cm³/mol. The number of nitrogens with one attached hydrogen (secondary N) is 2. The zero-order valence-electron chi connectivity index (χ0n) is 12.2. The number of H-pyrrole nitrogens is 1. The van der Waals surface area contributed by atoms with E-state index in [0.29, 0.717) is 12.1 Å². The highest BCUT2D eigenvalue weighted by Crippen LogP contribution is 2.20. The first-order valence-corrected chi connectivity index (χ1v) is 6.79. The van der Waals surface area contributed by atoms with E-state index in [-0.39, 0.29) is 11.3 Å². The third-order valence-electron chi connectivity index (χ3n) is 2.96. The fraction of sp³-hybridized carbons (Fsp3) is 0.375. The molecule has 1 aromatic heterocycles. The molecule has 0 aliphatic carbocycles. The van der Waals surface area contributed by atoms with Gasteiger partial charge in [-0.25, -0.2) is 0 Å². The molecule has 0 bridgehead atoms. The van der Waals surface area contributed by atoms with Gasteiger partial charge in [0, 0.05) is 23.9 Å². The Morgan fingerprint density at radius 3 is 2.45 bits per heavy atom. The standard InChI is InChI=1S/C16H21N3O/c1-16(2,3)8-12-4-6-14(7-5-12)15(20)17-9-13-10-18-19-11-13/h4-7,10-11H,8-9H2,1-3H3,(H,17,20)(H,18,19). The molecule has 0 aliphatic heterocycles. The number of amides is 1. The Hall–Kier alpha value is -2.10. The number of hydrogen-bond acceptors (Lipinski definition) is 2. The van der Waals surface area contributed by atoms with E-state index in [4.69, 9.17) is 0 Å². The highest BCUT2D eigenvalue weighted by molar-refractivity contribution is 5.94. The average Bonchev–Trinajstić information content (AvgIpc) is 2.88. The van der Waals surface area contributed by atoms with Crippen LogP contribution in [0.5, 0.6) is 0 Å². The number of aromatic nitrogens is 2. The van der Waals surface area contributed by atoms with E-state index in [2.05, 4.69) is 36.3 Å². The Bertz CT molecular complexity index is 550. The average molecular weight is 271 g/mol. The molecule has 0 aliphatic rings.